The Labute approximate surface area is 151 Å². The molecule has 1 heterocycles. The van der Waals surface area contributed by atoms with Crippen LogP contribution in [-0.2, 0) is 11.3 Å². The van der Waals surface area contributed by atoms with Crippen molar-refractivity contribution >= 4 is 22.7 Å². The van der Waals surface area contributed by atoms with Crippen LogP contribution in [0.3, 0.4) is 0 Å². The summed E-state index contributed by atoms with van der Waals surface area (Å²) in [5, 5.41) is 17.0. The number of aryl methyl sites for hydroxylation is 1. The van der Waals surface area contributed by atoms with Crippen molar-refractivity contribution < 1.29 is 19.1 Å². The maximum Gasteiger partial charge on any atom is 0.273 e. The van der Waals surface area contributed by atoms with Gasteiger partial charge in [-0.05, 0) is 24.8 Å². The van der Waals surface area contributed by atoms with E-state index in [-0.39, 0.29) is 11.6 Å². The van der Waals surface area contributed by atoms with Crippen LogP contribution in [0.15, 0.2) is 24.3 Å². The highest BCUT2D eigenvalue weighted by molar-refractivity contribution is 6.06. The Morgan fingerprint density at radius 1 is 1.35 bits per heavy atom. The quantitative estimate of drug-likeness (QED) is 0.624. The second-order valence-electron chi connectivity index (χ2n) is 6.64. The number of fused-ring (bicyclic) bond motifs is 1. The average Bonchev–Trinajstić information content (AvgIpc) is 2.97. The van der Waals surface area contributed by atoms with E-state index in [0.29, 0.717) is 24.8 Å². The predicted octanol–water partition coefficient (Wildman–Crippen LogP) is 1.39. The summed E-state index contributed by atoms with van der Waals surface area (Å²) in [6, 6.07) is 6.45. The van der Waals surface area contributed by atoms with Crippen LogP contribution in [0.25, 0.3) is 10.9 Å². The lowest BCUT2D eigenvalue weighted by Crippen LogP contribution is -2.47. The topological polar surface area (TPSA) is 110 Å². The highest BCUT2D eigenvalue weighted by atomic mass is 19.1. The van der Waals surface area contributed by atoms with Gasteiger partial charge in [-0.15, -0.1) is 0 Å². The van der Waals surface area contributed by atoms with Gasteiger partial charge in [0.2, 0.25) is 5.91 Å². The number of primary amides is 1. The number of alkyl halides is 1. The SMILES string of the molecule is CC(C)[C@H](NC(=O)c1nn(CCC[C@@H](O)CF)c2ccccc12)C(N)=O. The monoisotopic (exact) mass is 364 g/mol. The Hall–Kier alpha value is -2.48. The molecule has 7 nitrogen and oxygen atoms in total. The first-order valence-electron chi connectivity index (χ1n) is 8.65. The molecule has 0 fully saturated rings. The van der Waals surface area contributed by atoms with Crippen LogP contribution in [0.1, 0.15) is 37.2 Å². The minimum atomic E-state index is -0.984. The molecule has 0 bridgehead atoms. The summed E-state index contributed by atoms with van der Waals surface area (Å²) in [5.41, 5.74) is 6.32. The number of carbonyl (C=O) groups excluding carboxylic acids is 2. The molecule has 2 amide bonds. The maximum absolute atomic E-state index is 12.6. The van der Waals surface area contributed by atoms with Gasteiger partial charge in [-0.2, -0.15) is 5.10 Å². The van der Waals surface area contributed by atoms with Crippen LogP contribution in [0.5, 0.6) is 0 Å². The van der Waals surface area contributed by atoms with Crippen molar-refractivity contribution in [3.8, 4) is 0 Å². The summed E-state index contributed by atoms with van der Waals surface area (Å²) in [6.45, 7) is 3.25. The number of halogens is 1. The Kier molecular flexibility index (Phi) is 6.68. The molecule has 1 aromatic carbocycles. The molecule has 0 aliphatic carbocycles. The van der Waals surface area contributed by atoms with Crippen LogP contribution < -0.4 is 11.1 Å². The third kappa shape index (κ3) is 4.57. The fourth-order valence-electron chi connectivity index (χ4n) is 2.80. The van der Waals surface area contributed by atoms with Gasteiger partial charge < -0.3 is 16.2 Å². The van der Waals surface area contributed by atoms with E-state index < -0.39 is 30.6 Å². The molecule has 1 aromatic heterocycles. The highest BCUT2D eigenvalue weighted by Crippen LogP contribution is 2.19. The molecule has 0 unspecified atom stereocenters. The molecule has 0 spiro atoms. The first-order valence-corrected chi connectivity index (χ1v) is 8.65. The molecule has 0 saturated carbocycles. The van der Waals surface area contributed by atoms with Crippen LogP contribution in [0.2, 0.25) is 0 Å². The Morgan fingerprint density at radius 2 is 2.04 bits per heavy atom. The van der Waals surface area contributed by atoms with Crippen molar-refractivity contribution in [2.75, 3.05) is 6.67 Å². The number of nitrogens with zero attached hydrogens (tertiary/aromatic N) is 2. The molecule has 0 saturated heterocycles. The highest BCUT2D eigenvalue weighted by Gasteiger charge is 2.25. The van der Waals surface area contributed by atoms with Gasteiger partial charge in [0.05, 0.1) is 11.6 Å². The third-order valence-corrected chi connectivity index (χ3v) is 4.22. The molecular formula is C18H25FN4O3. The smallest absolute Gasteiger partial charge is 0.273 e. The number of nitrogens with two attached hydrogens (primary N) is 1. The summed E-state index contributed by atoms with van der Waals surface area (Å²) in [5.74, 6) is -1.22. The van der Waals surface area contributed by atoms with Crippen molar-refractivity contribution in [2.45, 2.75) is 45.4 Å². The Morgan fingerprint density at radius 3 is 2.65 bits per heavy atom. The minimum Gasteiger partial charge on any atom is -0.390 e. The number of hydrogen-bond acceptors (Lipinski definition) is 4. The Balaban J connectivity index is 2.24. The largest absolute Gasteiger partial charge is 0.390 e. The molecule has 0 aliphatic heterocycles. The zero-order chi connectivity index (χ0) is 19.3. The van der Waals surface area contributed by atoms with E-state index >= 15 is 0 Å². The number of aromatic nitrogens is 2. The van der Waals surface area contributed by atoms with Gasteiger partial charge in [0, 0.05) is 11.9 Å². The third-order valence-electron chi connectivity index (χ3n) is 4.22. The van der Waals surface area contributed by atoms with Gasteiger partial charge in [-0.25, -0.2) is 4.39 Å². The van der Waals surface area contributed by atoms with Gasteiger partial charge in [-0.3, -0.25) is 14.3 Å². The number of carbonyl (C=O) groups is 2. The number of nitrogens with one attached hydrogen (secondary N) is 1. The molecule has 26 heavy (non-hydrogen) atoms. The fourth-order valence-corrected chi connectivity index (χ4v) is 2.80. The Bertz CT molecular complexity index is 775. The second-order valence-corrected chi connectivity index (χ2v) is 6.64. The van der Waals surface area contributed by atoms with E-state index in [9.17, 15) is 19.1 Å². The molecule has 0 aliphatic rings. The fraction of sp³-hybridized carbons (Fsp3) is 0.500. The number of benzene rings is 1. The van der Waals surface area contributed by atoms with Gasteiger partial charge >= 0.3 is 0 Å². The van der Waals surface area contributed by atoms with Crippen molar-refractivity contribution in [3.05, 3.63) is 30.0 Å². The molecule has 2 rings (SSSR count). The average molecular weight is 364 g/mol. The van der Waals surface area contributed by atoms with Crippen molar-refractivity contribution in [1.82, 2.24) is 15.1 Å². The van der Waals surface area contributed by atoms with Gasteiger partial charge in [0.1, 0.15) is 12.7 Å². The van der Waals surface area contributed by atoms with E-state index in [1.807, 2.05) is 12.1 Å². The van der Waals surface area contributed by atoms with E-state index in [1.165, 1.54) is 0 Å². The van der Waals surface area contributed by atoms with Crippen LogP contribution >= 0.6 is 0 Å². The lowest BCUT2D eigenvalue weighted by atomic mass is 10.0. The zero-order valence-corrected chi connectivity index (χ0v) is 15.0. The molecule has 4 N–H and O–H groups in total. The number of para-hydroxylation sites is 1. The standard InChI is InChI=1S/C18H25FN4O3/c1-11(2)15(17(20)25)21-18(26)16-13-7-3-4-8-14(13)23(22-16)9-5-6-12(24)10-19/h3-4,7-8,11-12,15,24H,5-6,9-10H2,1-2H3,(H2,20,25)(H,21,26)/t12-,15+/m1/s1. The number of hydrogen-bond donors (Lipinski definition) is 3. The predicted molar refractivity (Wildman–Crippen MR) is 96.2 cm³/mol. The first-order chi connectivity index (χ1) is 12.3. The molecule has 0 radical (unpaired) electrons. The zero-order valence-electron chi connectivity index (χ0n) is 15.0. The van der Waals surface area contributed by atoms with Crippen LogP contribution in [-0.4, -0.2) is 45.5 Å². The minimum absolute atomic E-state index is 0.146. The number of aliphatic hydroxyl groups is 1. The summed E-state index contributed by atoms with van der Waals surface area (Å²) >= 11 is 0. The van der Waals surface area contributed by atoms with Crippen LogP contribution in [0.4, 0.5) is 4.39 Å². The van der Waals surface area contributed by atoms with Gasteiger partial charge in [-0.1, -0.05) is 32.0 Å². The lowest BCUT2D eigenvalue weighted by Gasteiger charge is -2.18. The van der Waals surface area contributed by atoms with E-state index in [0.717, 1.165) is 5.52 Å². The van der Waals surface area contributed by atoms with E-state index in [2.05, 4.69) is 10.4 Å². The first kappa shape index (κ1) is 19.8. The van der Waals surface area contributed by atoms with Crippen molar-refractivity contribution in [3.63, 3.8) is 0 Å². The van der Waals surface area contributed by atoms with Gasteiger partial charge in [0.15, 0.2) is 5.69 Å². The molecule has 142 valence electrons. The number of aliphatic hydroxyl groups excluding tert-OH is 1. The van der Waals surface area contributed by atoms with E-state index in [4.69, 9.17) is 5.73 Å². The number of rotatable bonds is 9. The molecular weight excluding hydrogens is 339 g/mol. The summed E-state index contributed by atoms with van der Waals surface area (Å²) in [6.07, 6.45) is -0.154. The molecule has 8 heteroatoms. The van der Waals surface area contributed by atoms with Crippen LogP contribution in [0, 0.1) is 5.92 Å². The second kappa shape index (κ2) is 8.75. The van der Waals surface area contributed by atoms with Crippen molar-refractivity contribution in [1.29, 1.82) is 0 Å². The molecule has 2 atom stereocenters. The number of amides is 2. The van der Waals surface area contributed by atoms with E-state index in [1.54, 1.807) is 30.7 Å². The normalized spacial score (nSPS) is 13.7. The molecule has 2 aromatic rings. The summed E-state index contributed by atoms with van der Waals surface area (Å²) in [4.78, 5) is 24.2. The van der Waals surface area contributed by atoms with Crippen molar-refractivity contribution in [2.24, 2.45) is 11.7 Å². The lowest BCUT2D eigenvalue weighted by molar-refractivity contribution is -0.120. The summed E-state index contributed by atoms with van der Waals surface area (Å²) < 4.78 is 14.0. The summed E-state index contributed by atoms with van der Waals surface area (Å²) in [7, 11) is 0. The van der Waals surface area contributed by atoms with Gasteiger partial charge in [0.25, 0.3) is 5.91 Å². The maximum atomic E-state index is 12.6.